The zero-order valence-corrected chi connectivity index (χ0v) is 15.2. The van der Waals surface area contributed by atoms with Gasteiger partial charge in [0.15, 0.2) is 0 Å². The van der Waals surface area contributed by atoms with Crippen molar-refractivity contribution >= 4 is 11.0 Å². The van der Waals surface area contributed by atoms with Crippen LogP contribution >= 0.6 is 0 Å². The summed E-state index contributed by atoms with van der Waals surface area (Å²) in [5, 5.41) is 0. The monoisotopic (exact) mass is 354 g/mol. The number of benzene rings is 2. The molecule has 2 aromatic heterocycles. The average Bonchev–Trinajstić information content (AvgIpc) is 2.73. The van der Waals surface area contributed by atoms with Crippen LogP contribution in [0.3, 0.4) is 0 Å². The van der Waals surface area contributed by atoms with Crippen LogP contribution in [0.4, 0.5) is 0 Å². The molecule has 0 spiro atoms. The minimum absolute atomic E-state index is 0.877. The number of rotatable bonds is 7. The van der Waals surface area contributed by atoms with Gasteiger partial charge in [0.2, 0.25) is 0 Å². The Labute approximate surface area is 159 Å². The van der Waals surface area contributed by atoms with E-state index in [0.29, 0.717) is 0 Å². The van der Waals surface area contributed by atoms with Crippen LogP contribution in [-0.2, 0) is 19.5 Å². The van der Waals surface area contributed by atoms with Gasteiger partial charge in [0, 0.05) is 44.4 Å². The van der Waals surface area contributed by atoms with Gasteiger partial charge >= 0.3 is 0 Å². The van der Waals surface area contributed by atoms with Gasteiger partial charge in [0.25, 0.3) is 0 Å². The molecule has 27 heavy (non-hydrogen) atoms. The minimum Gasteiger partial charge on any atom is -0.295 e. The first kappa shape index (κ1) is 17.3. The van der Waals surface area contributed by atoms with Crippen molar-refractivity contribution < 1.29 is 0 Å². The van der Waals surface area contributed by atoms with E-state index in [2.05, 4.69) is 80.5 Å². The Morgan fingerprint density at radius 3 is 2.19 bits per heavy atom. The summed E-state index contributed by atoms with van der Waals surface area (Å²) in [6.07, 6.45) is 8.22. The molecule has 134 valence electrons. The summed E-state index contributed by atoms with van der Waals surface area (Å²) < 4.78 is 0. The number of aromatic nitrogens is 3. The van der Waals surface area contributed by atoms with E-state index in [-0.39, 0.29) is 0 Å². The van der Waals surface area contributed by atoms with Crippen molar-refractivity contribution in [3.63, 3.8) is 0 Å². The molecule has 0 aliphatic heterocycles. The van der Waals surface area contributed by atoms with Crippen molar-refractivity contribution in [2.45, 2.75) is 19.5 Å². The molecule has 0 aliphatic carbocycles. The van der Waals surface area contributed by atoms with Gasteiger partial charge in [-0.1, -0.05) is 36.4 Å². The Bertz CT molecular complexity index is 987. The molecule has 0 aliphatic rings. The fraction of sp³-hybridized carbons (Fsp3) is 0.174. The maximum absolute atomic E-state index is 4.44. The summed E-state index contributed by atoms with van der Waals surface area (Å²) in [5.74, 6) is 0. The average molecular weight is 354 g/mol. The van der Waals surface area contributed by atoms with Crippen molar-refractivity contribution in [1.29, 1.82) is 0 Å². The largest absolute Gasteiger partial charge is 0.295 e. The lowest BCUT2D eigenvalue weighted by atomic mass is 10.1. The van der Waals surface area contributed by atoms with E-state index in [1.807, 2.05) is 12.4 Å². The first-order valence-corrected chi connectivity index (χ1v) is 9.22. The van der Waals surface area contributed by atoms with Crippen LogP contribution in [-0.4, -0.2) is 26.4 Å². The van der Waals surface area contributed by atoms with Gasteiger partial charge in [-0.15, -0.1) is 0 Å². The third kappa shape index (κ3) is 4.74. The molecule has 4 heteroatoms. The predicted octanol–water partition coefficient (Wildman–Crippen LogP) is 4.27. The summed E-state index contributed by atoms with van der Waals surface area (Å²) in [6.45, 7) is 2.76. The fourth-order valence-electron chi connectivity index (χ4n) is 3.26. The van der Waals surface area contributed by atoms with Gasteiger partial charge in [0.05, 0.1) is 11.0 Å². The molecule has 0 fully saturated rings. The summed E-state index contributed by atoms with van der Waals surface area (Å²) in [5.41, 5.74) is 5.78. The van der Waals surface area contributed by atoms with Gasteiger partial charge in [-0.3, -0.25) is 19.9 Å². The van der Waals surface area contributed by atoms with E-state index in [1.54, 1.807) is 12.4 Å². The van der Waals surface area contributed by atoms with Crippen LogP contribution in [0.5, 0.6) is 0 Å². The van der Waals surface area contributed by atoms with Crippen LogP contribution in [0.1, 0.15) is 16.7 Å². The highest BCUT2D eigenvalue weighted by atomic mass is 15.1. The Hall–Kier alpha value is -3.11. The van der Waals surface area contributed by atoms with Crippen molar-refractivity contribution in [1.82, 2.24) is 19.9 Å². The van der Waals surface area contributed by atoms with E-state index in [9.17, 15) is 0 Å². The maximum atomic E-state index is 4.44. The number of fused-ring (bicyclic) bond motifs is 1. The second-order valence-corrected chi connectivity index (χ2v) is 6.68. The Morgan fingerprint density at radius 1 is 0.630 bits per heavy atom. The number of nitrogens with zero attached hydrogens (tertiary/aromatic N) is 4. The van der Waals surface area contributed by atoms with Crippen LogP contribution in [0.25, 0.3) is 11.0 Å². The van der Waals surface area contributed by atoms with Crippen LogP contribution in [0.15, 0.2) is 85.5 Å². The summed E-state index contributed by atoms with van der Waals surface area (Å²) in [6, 6.07) is 21.2. The molecule has 0 saturated carbocycles. The van der Waals surface area contributed by atoms with E-state index in [0.717, 1.165) is 37.1 Å². The Balaban J connectivity index is 1.52. The molecule has 2 heterocycles. The molecule has 0 bridgehead atoms. The number of hydrogen-bond donors (Lipinski definition) is 0. The highest BCUT2D eigenvalue weighted by Gasteiger charge is 2.09. The molecule has 0 N–H and O–H groups in total. The van der Waals surface area contributed by atoms with Crippen LogP contribution in [0.2, 0.25) is 0 Å². The molecular formula is C23H22N4. The zero-order chi connectivity index (χ0) is 18.3. The van der Waals surface area contributed by atoms with Crippen molar-refractivity contribution in [2.75, 3.05) is 6.54 Å². The third-order valence-corrected chi connectivity index (χ3v) is 4.65. The predicted molar refractivity (Wildman–Crippen MR) is 108 cm³/mol. The second kappa shape index (κ2) is 8.52. The summed E-state index contributed by atoms with van der Waals surface area (Å²) >= 11 is 0. The zero-order valence-electron chi connectivity index (χ0n) is 15.2. The quantitative estimate of drug-likeness (QED) is 0.497. The smallest absolute Gasteiger partial charge is 0.0890 e. The first-order chi connectivity index (χ1) is 13.4. The molecule has 0 radical (unpaired) electrons. The molecule has 4 nitrogen and oxygen atoms in total. The van der Waals surface area contributed by atoms with Crippen molar-refractivity contribution in [2.24, 2.45) is 0 Å². The number of pyridine rings is 1. The Kier molecular flexibility index (Phi) is 5.46. The van der Waals surface area contributed by atoms with E-state index < -0.39 is 0 Å². The highest BCUT2D eigenvalue weighted by molar-refractivity contribution is 5.74. The molecule has 4 rings (SSSR count). The van der Waals surface area contributed by atoms with Crippen LogP contribution < -0.4 is 0 Å². The topological polar surface area (TPSA) is 41.9 Å². The lowest BCUT2D eigenvalue weighted by Crippen LogP contribution is -2.25. The first-order valence-electron chi connectivity index (χ1n) is 9.22. The van der Waals surface area contributed by atoms with E-state index in [4.69, 9.17) is 0 Å². The van der Waals surface area contributed by atoms with Crippen molar-refractivity contribution in [3.8, 4) is 0 Å². The second-order valence-electron chi connectivity index (χ2n) is 6.68. The van der Waals surface area contributed by atoms with Crippen LogP contribution in [0, 0.1) is 0 Å². The van der Waals surface area contributed by atoms with Gasteiger partial charge < -0.3 is 0 Å². The van der Waals surface area contributed by atoms with Crippen molar-refractivity contribution in [3.05, 3.63) is 102 Å². The van der Waals surface area contributed by atoms with Gasteiger partial charge in [-0.05, 0) is 47.4 Å². The highest BCUT2D eigenvalue weighted by Crippen LogP contribution is 2.15. The molecular weight excluding hydrogens is 332 g/mol. The Morgan fingerprint density at radius 2 is 1.37 bits per heavy atom. The molecule has 0 atom stereocenters. The van der Waals surface area contributed by atoms with E-state index in [1.165, 1.54) is 16.7 Å². The summed E-state index contributed by atoms with van der Waals surface area (Å²) in [7, 11) is 0. The number of hydrogen-bond acceptors (Lipinski definition) is 4. The maximum Gasteiger partial charge on any atom is 0.0890 e. The summed E-state index contributed by atoms with van der Waals surface area (Å²) in [4.78, 5) is 15.4. The molecule has 0 saturated heterocycles. The third-order valence-electron chi connectivity index (χ3n) is 4.65. The minimum atomic E-state index is 0.877. The lowest BCUT2D eigenvalue weighted by Gasteiger charge is -2.23. The SMILES string of the molecule is c1ccc(CCN(Cc2ccncc2)Cc2ccc3nccnc3c2)cc1. The van der Waals surface area contributed by atoms with Gasteiger partial charge in [0.1, 0.15) is 0 Å². The van der Waals surface area contributed by atoms with Gasteiger partial charge in [-0.25, -0.2) is 0 Å². The van der Waals surface area contributed by atoms with Gasteiger partial charge in [-0.2, -0.15) is 0 Å². The lowest BCUT2D eigenvalue weighted by molar-refractivity contribution is 0.260. The fourth-order valence-corrected chi connectivity index (χ4v) is 3.26. The normalized spacial score (nSPS) is 11.1. The van der Waals surface area contributed by atoms with E-state index >= 15 is 0 Å². The molecule has 2 aromatic carbocycles. The molecule has 0 unspecified atom stereocenters. The molecule has 0 amide bonds. The molecule has 4 aromatic rings. The standard InChI is InChI=1S/C23H22N4/c1-2-4-19(5-3-1)10-15-27(17-20-8-11-24-12-9-20)18-21-6-7-22-23(16-21)26-14-13-25-22/h1-9,11-14,16H,10,15,17-18H2.